The van der Waals surface area contributed by atoms with Crippen molar-refractivity contribution >= 4 is 29.5 Å². The molecule has 1 fully saturated rings. The fourth-order valence-corrected chi connectivity index (χ4v) is 4.11. The van der Waals surface area contributed by atoms with Crippen LogP contribution in [0.15, 0.2) is 41.6 Å². The van der Waals surface area contributed by atoms with Crippen LogP contribution in [0, 0.1) is 0 Å². The predicted molar refractivity (Wildman–Crippen MR) is 86.1 cm³/mol. The maximum Gasteiger partial charge on any atom is 1.00 e. The Bertz CT molecular complexity index is 740. The average molecular weight is 385 g/mol. The summed E-state index contributed by atoms with van der Waals surface area (Å²) in [6.07, 6.45) is 0. The van der Waals surface area contributed by atoms with E-state index in [-0.39, 0.29) is 57.1 Å². The zero-order chi connectivity index (χ0) is 17.4. The van der Waals surface area contributed by atoms with E-state index in [0.717, 1.165) is 0 Å². The number of amides is 2. The van der Waals surface area contributed by atoms with Crippen LogP contribution < -0.4 is 67.5 Å². The third-order valence-electron chi connectivity index (χ3n) is 4.09. The topological polar surface area (TPSA) is 116 Å². The van der Waals surface area contributed by atoms with Gasteiger partial charge in [-0.1, -0.05) is 30.3 Å². The number of benzene rings is 1. The molecule has 0 bridgehead atoms. The molecule has 0 aliphatic carbocycles. The molecule has 25 heavy (non-hydrogen) atoms. The minimum absolute atomic E-state index is 0. The van der Waals surface area contributed by atoms with E-state index in [1.54, 1.807) is 31.2 Å². The molecule has 2 aliphatic heterocycles. The number of carboxylic acid groups (broad SMARTS) is 1. The summed E-state index contributed by atoms with van der Waals surface area (Å²) in [5.74, 6) is -1.84. The molecular weight excluding hydrogens is 369 g/mol. The minimum Gasteiger partial charge on any atom is -0.543 e. The Morgan fingerprint density at radius 3 is 2.60 bits per heavy atom. The molecule has 126 valence electrons. The third kappa shape index (κ3) is 3.87. The summed E-state index contributed by atoms with van der Waals surface area (Å²) in [7, 11) is 0. The largest absolute Gasteiger partial charge is 1.00 e. The van der Waals surface area contributed by atoms with E-state index >= 15 is 0 Å². The number of nitrogens with zero attached hydrogens (tertiary/aromatic N) is 1. The molecule has 1 saturated heterocycles. The number of hydrogen-bond donors (Lipinski definition) is 2. The number of nitrogens with one attached hydrogen (secondary N) is 1. The molecule has 0 aromatic heterocycles. The minimum atomic E-state index is -1.38. The van der Waals surface area contributed by atoms with Gasteiger partial charge in [0.05, 0.1) is 11.7 Å². The van der Waals surface area contributed by atoms with Gasteiger partial charge in [-0.15, -0.1) is 11.8 Å². The van der Waals surface area contributed by atoms with Gasteiger partial charge in [-0.05, 0) is 18.1 Å². The number of thioether (sulfide) groups is 1. The number of carbonyl (C=O) groups is 3. The van der Waals surface area contributed by atoms with Crippen LogP contribution in [-0.4, -0.2) is 39.9 Å². The van der Waals surface area contributed by atoms with E-state index in [2.05, 4.69) is 5.32 Å². The molecule has 3 N–H and O–H groups in total. The summed E-state index contributed by atoms with van der Waals surface area (Å²) in [6.45, 7) is 1.65. The molecule has 0 saturated carbocycles. The van der Waals surface area contributed by atoms with Crippen LogP contribution in [0.2, 0.25) is 0 Å². The van der Waals surface area contributed by atoms with Gasteiger partial charge in [0.25, 0.3) is 5.91 Å². The van der Waals surface area contributed by atoms with Gasteiger partial charge in [0.15, 0.2) is 0 Å². The van der Waals surface area contributed by atoms with Crippen molar-refractivity contribution in [3.05, 3.63) is 47.2 Å². The Hall–Kier alpha value is -0.684. The number of nitrogens with two attached hydrogens (primary N) is 1. The molecule has 2 amide bonds. The van der Waals surface area contributed by atoms with Gasteiger partial charge in [0.1, 0.15) is 17.5 Å². The molecule has 1 aromatic rings. The van der Waals surface area contributed by atoms with Crippen LogP contribution in [0.4, 0.5) is 0 Å². The average Bonchev–Trinajstić information content (AvgIpc) is 2.59. The van der Waals surface area contributed by atoms with Crippen LogP contribution >= 0.6 is 11.8 Å². The number of aliphatic carboxylic acids is 1. The van der Waals surface area contributed by atoms with Gasteiger partial charge in [-0.3, -0.25) is 14.5 Å². The number of carboxylic acids is 1. The predicted octanol–water partition coefficient (Wildman–Crippen LogP) is -3.89. The van der Waals surface area contributed by atoms with Gasteiger partial charge >= 0.3 is 51.4 Å². The second-order valence-electron chi connectivity index (χ2n) is 5.70. The summed E-state index contributed by atoms with van der Waals surface area (Å²) in [4.78, 5) is 37.0. The van der Waals surface area contributed by atoms with Crippen molar-refractivity contribution in [2.24, 2.45) is 5.73 Å². The molecule has 3 atom stereocenters. The van der Waals surface area contributed by atoms with Crippen LogP contribution in [0.1, 0.15) is 18.5 Å². The summed E-state index contributed by atoms with van der Waals surface area (Å²) < 4.78 is 0. The molecule has 9 heteroatoms. The van der Waals surface area contributed by atoms with Gasteiger partial charge in [0.2, 0.25) is 5.91 Å². The smallest absolute Gasteiger partial charge is 0.543 e. The Morgan fingerprint density at radius 2 is 2.00 bits per heavy atom. The molecule has 7 nitrogen and oxygen atoms in total. The monoisotopic (exact) mass is 385 g/mol. The van der Waals surface area contributed by atoms with E-state index < -0.39 is 35.2 Å². The molecular formula is C16H16KN3O4S. The second-order valence-corrected chi connectivity index (χ2v) is 6.81. The van der Waals surface area contributed by atoms with Gasteiger partial charge in [-0.25, -0.2) is 0 Å². The summed E-state index contributed by atoms with van der Waals surface area (Å²) in [5, 5.41) is 13.4. The Kier molecular flexibility index (Phi) is 6.88. The van der Waals surface area contributed by atoms with E-state index in [9.17, 15) is 19.5 Å². The zero-order valence-electron chi connectivity index (χ0n) is 13.9. The van der Waals surface area contributed by atoms with E-state index in [4.69, 9.17) is 5.73 Å². The van der Waals surface area contributed by atoms with Crippen molar-refractivity contribution in [3.8, 4) is 0 Å². The zero-order valence-corrected chi connectivity index (χ0v) is 17.8. The number of fused-ring (bicyclic) bond motifs is 1. The van der Waals surface area contributed by atoms with Crippen LogP contribution in [0.5, 0.6) is 0 Å². The molecule has 2 heterocycles. The molecule has 0 radical (unpaired) electrons. The van der Waals surface area contributed by atoms with E-state index in [1.165, 1.54) is 16.7 Å². The van der Waals surface area contributed by atoms with Crippen molar-refractivity contribution in [3.63, 3.8) is 0 Å². The summed E-state index contributed by atoms with van der Waals surface area (Å²) in [6, 6.07) is 7.16. The van der Waals surface area contributed by atoms with Crippen molar-refractivity contribution in [2.45, 2.75) is 24.4 Å². The Morgan fingerprint density at radius 1 is 1.36 bits per heavy atom. The van der Waals surface area contributed by atoms with Crippen molar-refractivity contribution in [1.82, 2.24) is 10.2 Å². The molecule has 2 aliphatic rings. The molecule has 0 unspecified atom stereocenters. The van der Waals surface area contributed by atoms with Gasteiger partial charge in [-0.2, -0.15) is 0 Å². The van der Waals surface area contributed by atoms with Gasteiger partial charge in [0, 0.05) is 5.75 Å². The van der Waals surface area contributed by atoms with Gasteiger partial charge < -0.3 is 21.0 Å². The summed E-state index contributed by atoms with van der Waals surface area (Å²) in [5.41, 5.74) is 7.04. The van der Waals surface area contributed by atoms with Crippen molar-refractivity contribution in [1.29, 1.82) is 0 Å². The van der Waals surface area contributed by atoms with Crippen LogP contribution in [0.25, 0.3) is 0 Å². The molecule has 3 rings (SSSR count). The first kappa shape index (κ1) is 20.6. The van der Waals surface area contributed by atoms with Crippen LogP contribution in [0.3, 0.4) is 0 Å². The number of hydrogen-bond acceptors (Lipinski definition) is 6. The Labute approximate surface area is 191 Å². The maximum absolute atomic E-state index is 12.3. The maximum atomic E-state index is 12.3. The fraction of sp³-hybridized carbons (Fsp3) is 0.312. The first-order valence-electron chi connectivity index (χ1n) is 7.38. The quantitative estimate of drug-likeness (QED) is 0.405. The molecule has 0 spiro atoms. The van der Waals surface area contributed by atoms with Crippen molar-refractivity contribution in [2.75, 3.05) is 5.75 Å². The third-order valence-corrected chi connectivity index (χ3v) is 5.52. The SMILES string of the molecule is CC1=C(C(=O)[O-])N2C(=O)[C@@H](NC(=O)[C@H](N)c3ccccc3)[C@H]2SC1.[K+]. The van der Waals surface area contributed by atoms with Crippen LogP contribution in [-0.2, 0) is 14.4 Å². The summed E-state index contributed by atoms with van der Waals surface area (Å²) >= 11 is 1.40. The molecule has 1 aromatic carbocycles. The van der Waals surface area contributed by atoms with E-state index in [1.807, 2.05) is 6.07 Å². The normalized spacial score (nSPS) is 23.1. The Balaban J connectivity index is 0.00000225. The van der Waals surface area contributed by atoms with Crippen molar-refractivity contribution < 1.29 is 70.9 Å². The fourth-order valence-electron chi connectivity index (χ4n) is 2.82. The number of rotatable bonds is 4. The number of carbonyl (C=O) groups excluding carboxylic acids is 3. The number of β-lactam (4-membered cyclic amide) rings is 1. The standard InChI is InChI=1S/C16H17N3O4S.K/c1-8-7-24-15-11(14(21)19(15)12(8)16(22)23)18-13(20)10(17)9-5-3-2-4-6-9;/h2-6,10-11,15H,7,17H2,1H3,(H,18,20)(H,22,23);/q;+1/p-1/t10-,11-,15-;/m1./s1. The van der Waals surface area contributed by atoms with E-state index in [0.29, 0.717) is 16.9 Å². The first-order chi connectivity index (χ1) is 11.4. The first-order valence-corrected chi connectivity index (χ1v) is 8.43. The second kappa shape index (κ2) is 8.34.